The molecule has 0 fully saturated rings. The van der Waals surface area contributed by atoms with Gasteiger partial charge in [-0.05, 0) is 18.2 Å². The van der Waals surface area contributed by atoms with Crippen molar-refractivity contribution in [3.8, 4) is 0 Å². The van der Waals surface area contributed by atoms with Gasteiger partial charge in [0.15, 0.2) is 17.8 Å². The number of carboxylic acids is 1. The topological polar surface area (TPSA) is 108 Å². The zero-order valence-electron chi connectivity index (χ0n) is 10.2. The highest BCUT2D eigenvalue weighted by Gasteiger charge is 2.19. The van der Waals surface area contributed by atoms with Gasteiger partial charge in [-0.1, -0.05) is 18.2 Å². The Hall–Kier alpha value is -2.57. The van der Waals surface area contributed by atoms with Crippen molar-refractivity contribution in [2.24, 2.45) is 0 Å². The van der Waals surface area contributed by atoms with Crippen LogP contribution in [0.25, 0.3) is 0 Å². The minimum Gasteiger partial charge on any atom is -0.476 e. The van der Waals surface area contributed by atoms with Gasteiger partial charge in [0.05, 0.1) is 5.56 Å². The Kier molecular flexibility index (Phi) is 3.88. The second-order valence-corrected chi connectivity index (χ2v) is 4.03. The van der Waals surface area contributed by atoms with Crippen LogP contribution in [0.5, 0.6) is 0 Å². The van der Waals surface area contributed by atoms with E-state index in [-0.39, 0.29) is 22.4 Å². The monoisotopic (exact) mass is 273 g/mol. The number of aliphatic hydroxyl groups excluding tert-OH is 1. The van der Waals surface area contributed by atoms with Gasteiger partial charge in [0.2, 0.25) is 0 Å². The number of nitrogens with zero attached hydrogens (tertiary/aromatic N) is 1. The maximum Gasteiger partial charge on any atom is 0.355 e. The SMILES string of the molecule is O=C(c1cccc(C(O)O)c1)c1cccnc1C(=O)O. The molecule has 1 aromatic carbocycles. The van der Waals surface area contributed by atoms with Crippen LogP contribution in [0.4, 0.5) is 0 Å². The largest absolute Gasteiger partial charge is 0.476 e. The predicted octanol–water partition coefficient (Wildman–Crippen LogP) is 0.994. The molecule has 1 aromatic heterocycles. The van der Waals surface area contributed by atoms with Crippen LogP contribution in [-0.2, 0) is 0 Å². The number of carboxylic acid groups (broad SMARTS) is 1. The number of rotatable bonds is 4. The fourth-order valence-electron chi connectivity index (χ4n) is 1.75. The van der Waals surface area contributed by atoms with Crippen LogP contribution >= 0.6 is 0 Å². The predicted molar refractivity (Wildman–Crippen MR) is 68.2 cm³/mol. The lowest BCUT2D eigenvalue weighted by Crippen LogP contribution is -2.12. The van der Waals surface area contributed by atoms with Crippen molar-refractivity contribution in [3.05, 3.63) is 65.0 Å². The molecule has 0 aliphatic heterocycles. The molecule has 102 valence electrons. The highest BCUT2D eigenvalue weighted by Crippen LogP contribution is 2.17. The summed E-state index contributed by atoms with van der Waals surface area (Å²) in [4.78, 5) is 27.0. The summed E-state index contributed by atoms with van der Waals surface area (Å²) < 4.78 is 0. The number of aliphatic hydroxyl groups is 2. The Labute approximate surface area is 114 Å². The molecule has 0 bridgehead atoms. The standard InChI is InChI=1S/C14H11NO5/c16-12(8-3-1-4-9(7-8)13(17)18)10-5-2-6-15-11(10)14(19)20/h1-7,13,17-18H,(H,19,20). The van der Waals surface area contributed by atoms with Crippen LogP contribution < -0.4 is 0 Å². The molecule has 0 saturated heterocycles. The lowest BCUT2D eigenvalue weighted by Gasteiger charge is -2.07. The fraction of sp³-hybridized carbons (Fsp3) is 0.0714. The Morgan fingerprint density at radius 3 is 2.50 bits per heavy atom. The molecule has 2 rings (SSSR count). The number of ketones is 1. The molecule has 1 heterocycles. The molecule has 6 heteroatoms. The van der Waals surface area contributed by atoms with E-state index in [1.54, 1.807) is 0 Å². The number of hydrogen-bond acceptors (Lipinski definition) is 5. The first kappa shape index (κ1) is 13.9. The van der Waals surface area contributed by atoms with E-state index in [9.17, 15) is 9.59 Å². The molecule has 0 radical (unpaired) electrons. The second kappa shape index (κ2) is 5.60. The van der Waals surface area contributed by atoms with Crippen LogP contribution in [0.15, 0.2) is 42.6 Å². The Balaban J connectivity index is 2.47. The van der Waals surface area contributed by atoms with Gasteiger partial charge < -0.3 is 15.3 Å². The molecular formula is C14H11NO5. The van der Waals surface area contributed by atoms with Crippen LogP contribution in [-0.4, -0.2) is 32.1 Å². The average molecular weight is 273 g/mol. The van der Waals surface area contributed by atoms with Crippen LogP contribution in [0, 0.1) is 0 Å². The molecule has 0 amide bonds. The molecule has 3 N–H and O–H groups in total. The first-order chi connectivity index (χ1) is 9.50. The molecule has 0 aliphatic carbocycles. The molecule has 0 saturated carbocycles. The van der Waals surface area contributed by atoms with Gasteiger partial charge in [0.1, 0.15) is 0 Å². The van der Waals surface area contributed by atoms with E-state index in [0.29, 0.717) is 0 Å². The number of carbonyl (C=O) groups excluding carboxylic acids is 1. The van der Waals surface area contributed by atoms with Crippen LogP contribution in [0.2, 0.25) is 0 Å². The normalized spacial score (nSPS) is 10.6. The van der Waals surface area contributed by atoms with Crippen molar-refractivity contribution in [3.63, 3.8) is 0 Å². The summed E-state index contributed by atoms with van der Waals surface area (Å²) in [6, 6.07) is 8.52. The lowest BCUT2D eigenvalue weighted by atomic mass is 10.00. The summed E-state index contributed by atoms with van der Waals surface area (Å²) in [5.41, 5.74) is -0.0836. The summed E-state index contributed by atoms with van der Waals surface area (Å²) in [6.45, 7) is 0. The third kappa shape index (κ3) is 2.71. The maximum absolute atomic E-state index is 12.3. The van der Waals surface area contributed by atoms with Crippen molar-refractivity contribution in [1.29, 1.82) is 0 Å². The second-order valence-electron chi connectivity index (χ2n) is 4.03. The first-order valence-electron chi connectivity index (χ1n) is 5.70. The minimum atomic E-state index is -1.70. The first-order valence-corrected chi connectivity index (χ1v) is 5.70. The zero-order chi connectivity index (χ0) is 14.7. The molecule has 0 unspecified atom stereocenters. The summed E-state index contributed by atoms with van der Waals surface area (Å²) >= 11 is 0. The molecule has 0 aliphatic rings. The van der Waals surface area contributed by atoms with E-state index in [1.165, 1.54) is 42.6 Å². The molecule has 6 nitrogen and oxygen atoms in total. The molecule has 0 spiro atoms. The van der Waals surface area contributed by atoms with E-state index in [2.05, 4.69) is 4.98 Å². The highest BCUT2D eigenvalue weighted by atomic mass is 16.5. The van der Waals surface area contributed by atoms with Gasteiger partial charge >= 0.3 is 5.97 Å². The fourth-order valence-corrected chi connectivity index (χ4v) is 1.75. The number of hydrogen-bond donors (Lipinski definition) is 3. The minimum absolute atomic E-state index is 0.0513. The number of benzene rings is 1. The van der Waals surface area contributed by atoms with Crippen LogP contribution in [0.3, 0.4) is 0 Å². The highest BCUT2D eigenvalue weighted by molar-refractivity contribution is 6.13. The summed E-state index contributed by atoms with van der Waals surface area (Å²) in [5.74, 6) is -1.84. The number of pyridine rings is 1. The van der Waals surface area contributed by atoms with Crippen molar-refractivity contribution >= 4 is 11.8 Å². The Morgan fingerprint density at radius 2 is 1.85 bits per heavy atom. The van der Waals surface area contributed by atoms with Gasteiger partial charge in [-0.25, -0.2) is 9.78 Å². The Bertz CT molecular complexity index is 666. The van der Waals surface area contributed by atoms with E-state index in [1.807, 2.05) is 0 Å². The van der Waals surface area contributed by atoms with Crippen molar-refractivity contribution in [2.75, 3.05) is 0 Å². The van der Waals surface area contributed by atoms with Crippen molar-refractivity contribution in [1.82, 2.24) is 4.98 Å². The van der Waals surface area contributed by atoms with Gasteiger partial charge in [-0.3, -0.25) is 4.79 Å². The van der Waals surface area contributed by atoms with Crippen molar-refractivity contribution in [2.45, 2.75) is 6.29 Å². The average Bonchev–Trinajstić information content (AvgIpc) is 2.46. The molecule has 20 heavy (non-hydrogen) atoms. The van der Waals surface area contributed by atoms with Gasteiger partial charge in [-0.2, -0.15) is 0 Å². The Morgan fingerprint density at radius 1 is 1.10 bits per heavy atom. The lowest BCUT2D eigenvalue weighted by molar-refractivity contribution is -0.0425. The summed E-state index contributed by atoms with van der Waals surface area (Å²) in [6.07, 6.45) is -0.413. The van der Waals surface area contributed by atoms with Crippen LogP contribution in [0.1, 0.15) is 38.3 Å². The van der Waals surface area contributed by atoms with Gasteiger partial charge in [0.25, 0.3) is 0 Å². The summed E-state index contributed by atoms with van der Waals surface area (Å²) in [5, 5.41) is 27.2. The third-order valence-electron chi connectivity index (χ3n) is 2.70. The van der Waals surface area contributed by atoms with Gasteiger partial charge in [0, 0.05) is 17.3 Å². The molecule has 2 aromatic rings. The number of aromatic nitrogens is 1. The van der Waals surface area contributed by atoms with E-state index in [0.717, 1.165) is 0 Å². The third-order valence-corrected chi connectivity index (χ3v) is 2.70. The zero-order valence-corrected chi connectivity index (χ0v) is 10.2. The van der Waals surface area contributed by atoms with E-state index < -0.39 is 18.0 Å². The maximum atomic E-state index is 12.3. The molecular weight excluding hydrogens is 262 g/mol. The van der Waals surface area contributed by atoms with Crippen molar-refractivity contribution < 1.29 is 24.9 Å². The number of carbonyl (C=O) groups is 2. The quantitative estimate of drug-likeness (QED) is 0.566. The van der Waals surface area contributed by atoms with E-state index in [4.69, 9.17) is 15.3 Å². The van der Waals surface area contributed by atoms with E-state index >= 15 is 0 Å². The number of aromatic carboxylic acids is 1. The smallest absolute Gasteiger partial charge is 0.355 e. The molecule has 0 atom stereocenters. The summed E-state index contributed by atoms with van der Waals surface area (Å²) in [7, 11) is 0. The van der Waals surface area contributed by atoms with Gasteiger partial charge in [-0.15, -0.1) is 0 Å².